The van der Waals surface area contributed by atoms with E-state index in [1.807, 2.05) is 17.6 Å². The van der Waals surface area contributed by atoms with Gasteiger partial charge in [0.2, 0.25) is 5.95 Å². The Morgan fingerprint density at radius 3 is 2.87 bits per heavy atom. The second-order valence-corrected chi connectivity index (χ2v) is 6.02. The molecule has 2 aromatic rings. The zero-order chi connectivity index (χ0) is 16.6. The van der Waals surface area contributed by atoms with Crippen LogP contribution in [0.4, 0.5) is 11.8 Å². The minimum Gasteiger partial charge on any atom is -0.396 e. The molecule has 12 heteroatoms. The highest BCUT2D eigenvalue weighted by molar-refractivity contribution is 7.80. The van der Waals surface area contributed by atoms with Crippen LogP contribution in [-0.2, 0) is 14.7 Å². The number of hydrogen-bond acceptors (Lipinski definition) is 9. The lowest BCUT2D eigenvalue weighted by Crippen LogP contribution is -2.13. The monoisotopic (exact) mass is 342 g/mol. The Bertz CT molecular complexity index is 863. The van der Waals surface area contributed by atoms with E-state index in [0.29, 0.717) is 12.1 Å². The zero-order valence-corrected chi connectivity index (χ0v) is 12.5. The number of fused-ring (bicyclic) bond motifs is 1. The van der Waals surface area contributed by atoms with Crippen LogP contribution in [0.3, 0.4) is 0 Å². The number of imidazole rings is 1. The number of nitrogens with two attached hydrogens (primary N) is 1. The average Bonchev–Trinajstić information content (AvgIpc) is 3.09. The summed E-state index contributed by atoms with van der Waals surface area (Å²) in [5.74, 6) is -0.164. The standard InChI is InChI=1S/C11H14N6O5S/c12-11-14-9(16-22-23(19,20)21)8-10(15-11)17(5-13-8)7-2-1-6(3-7)4-18/h1-2,5-7,18H,3-4H2,(H,19,20,21)(H3,12,14,15,16)/t6?,7-/m0/s1. The van der Waals surface area contributed by atoms with E-state index < -0.39 is 10.4 Å². The van der Waals surface area contributed by atoms with Gasteiger partial charge in [-0.15, -0.1) is 4.28 Å². The number of aliphatic hydroxyl groups is 1. The third-order valence-electron chi connectivity index (χ3n) is 3.42. The SMILES string of the molecule is Nc1nc(NOS(=O)(=O)O)c2ncn([C@H]3C=CC(CO)C3)c2n1. The van der Waals surface area contributed by atoms with Crippen molar-refractivity contribution in [2.24, 2.45) is 5.92 Å². The van der Waals surface area contributed by atoms with E-state index in [0.717, 1.165) is 0 Å². The Morgan fingerprint density at radius 2 is 2.22 bits per heavy atom. The normalized spacial score (nSPS) is 21.1. The first-order chi connectivity index (χ1) is 10.9. The highest BCUT2D eigenvalue weighted by atomic mass is 32.3. The molecular formula is C11H14N6O5S. The van der Waals surface area contributed by atoms with Gasteiger partial charge in [0.05, 0.1) is 12.4 Å². The number of anilines is 2. The maximum absolute atomic E-state index is 10.6. The molecule has 0 radical (unpaired) electrons. The number of hydrogen-bond donors (Lipinski definition) is 4. The van der Waals surface area contributed by atoms with Crippen molar-refractivity contribution in [1.82, 2.24) is 19.5 Å². The van der Waals surface area contributed by atoms with Crippen molar-refractivity contribution in [3.63, 3.8) is 0 Å². The molecule has 1 unspecified atom stereocenters. The van der Waals surface area contributed by atoms with Crippen molar-refractivity contribution in [2.75, 3.05) is 17.8 Å². The molecule has 1 aliphatic rings. The molecule has 0 aromatic carbocycles. The molecule has 0 spiro atoms. The third kappa shape index (κ3) is 3.24. The van der Waals surface area contributed by atoms with Gasteiger partial charge in [0.1, 0.15) is 0 Å². The molecule has 0 aliphatic heterocycles. The Balaban J connectivity index is 1.97. The van der Waals surface area contributed by atoms with Gasteiger partial charge in [-0.1, -0.05) is 12.2 Å². The summed E-state index contributed by atoms with van der Waals surface area (Å²) in [5, 5.41) is 9.20. The topological polar surface area (TPSA) is 165 Å². The van der Waals surface area contributed by atoms with E-state index in [4.69, 9.17) is 10.3 Å². The van der Waals surface area contributed by atoms with Crippen LogP contribution in [0.1, 0.15) is 12.5 Å². The molecule has 0 saturated carbocycles. The Labute approximate surface area is 130 Å². The van der Waals surface area contributed by atoms with E-state index in [1.54, 1.807) is 4.57 Å². The summed E-state index contributed by atoms with van der Waals surface area (Å²) in [6, 6.07) is -0.0678. The van der Waals surface area contributed by atoms with Gasteiger partial charge < -0.3 is 15.4 Å². The average molecular weight is 342 g/mol. The molecule has 5 N–H and O–H groups in total. The summed E-state index contributed by atoms with van der Waals surface area (Å²) in [4.78, 5) is 12.0. The molecule has 124 valence electrons. The lowest BCUT2D eigenvalue weighted by Gasteiger charge is -2.13. The van der Waals surface area contributed by atoms with Crippen molar-refractivity contribution in [3.8, 4) is 0 Å². The van der Waals surface area contributed by atoms with Crippen LogP contribution in [0, 0.1) is 5.92 Å². The maximum Gasteiger partial charge on any atom is 0.418 e. The first kappa shape index (κ1) is 15.6. The first-order valence-electron chi connectivity index (χ1n) is 6.58. The van der Waals surface area contributed by atoms with Gasteiger partial charge in [-0.25, -0.2) is 10.5 Å². The van der Waals surface area contributed by atoms with Crippen LogP contribution in [-0.4, -0.2) is 44.2 Å². The van der Waals surface area contributed by atoms with Crippen LogP contribution in [0.25, 0.3) is 11.2 Å². The molecule has 1 aliphatic carbocycles. The number of nitrogens with zero attached hydrogens (tertiary/aromatic N) is 4. The van der Waals surface area contributed by atoms with E-state index in [1.165, 1.54) is 6.33 Å². The fraction of sp³-hybridized carbons (Fsp3) is 0.364. The molecule has 0 fully saturated rings. The molecule has 3 rings (SSSR count). The van der Waals surface area contributed by atoms with Gasteiger partial charge >= 0.3 is 10.4 Å². The largest absolute Gasteiger partial charge is 0.418 e. The second-order valence-electron chi connectivity index (χ2n) is 5.00. The van der Waals surface area contributed by atoms with Crippen LogP contribution in [0.15, 0.2) is 18.5 Å². The molecule has 0 saturated heterocycles. The fourth-order valence-corrected chi connectivity index (χ4v) is 2.62. The Morgan fingerprint density at radius 1 is 1.43 bits per heavy atom. The highest BCUT2D eigenvalue weighted by Crippen LogP contribution is 2.31. The predicted octanol–water partition coefficient (Wildman–Crippen LogP) is -0.336. The van der Waals surface area contributed by atoms with Crippen LogP contribution >= 0.6 is 0 Å². The molecule has 0 amide bonds. The maximum atomic E-state index is 10.6. The van der Waals surface area contributed by atoms with E-state index >= 15 is 0 Å². The molecular weight excluding hydrogens is 328 g/mol. The van der Waals surface area contributed by atoms with Gasteiger partial charge in [-0.05, 0) is 6.42 Å². The molecule has 2 aromatic heterocycles. The Hall–Kier alpha value is -2.28. The van der Waals surface area contributed by atoms with Gasteiger partial charge in [0, 0.05) is 12.5 Å². The molecule has 0 bridgehead atoms. The highest BCUT2D eigenvalue weighted by Gasteiger charge is 2.23. The summed E-state index contributed by atoms with van der Waals surface area (Å²) in [6.45, 7) is 0.0474. The Kier molecular flexibility index (Phi) is 3.89. The molecule has 2 atom stereocenters. The second kappa shape index (κ2) is 5.73. The molecule has 23 heavy (non-hydrogen) atoms. The van der Waals surface area contributed by atoms with Crippen molar-refractivity contribution in [1.29, 1.82) is 0 Å². The van der Waals surface area contributed by atoms with Gasteiger partial charge in [0.15, 0.2) is 17.0 Å². The van der Waals surface area contributed by atoms with Gasteiger partial charge in [-0.3, -0.25) is 4.55 Å². The lowest BCUT2D eigenvalue weighted by molar-refractivity contribution is 0.244. The summed E-state index contributed by atoms with van der Waals surface area (Å²) >= 11 is 0. The van der Waals surface area contributed by atoms with Crippen LogP contribution < -0.4 is 11.2 Å². The first-order valence-corrected chi connectivity index (χ1v) is 7.95. The van der Waals surface area contributed by atoms with Crippen molar-refractivity contribution in [3.05, 3.63) is 18.5 Å². The van der Waals surface area contributed by atoms with Gasteiger partial charge in [-0.2, -0.15) is 18.4 Å². The zero-order valence-electron chi connectivity index (χ0n) is 11.7. The summed E-state index contributed by atoms with van der Waals surface area (Å²) in [7, 11) is -4.71. The summed E-state index contributed by atoms with van der Waals surface area (Å²) in [6.07, 6.45) is 6.01. The van der Waals surface area contributed by atoms with Crippen LogP contribution in [0.2, 0.25) is 0 Å². The summed E-state index contributed by atoms with van der Waals surface area (Å²) < 4.78 is 35.7. The van der Waals surface area contributed by atoms with E-state index in [2.05, 4.69) is 19.2 Å². The number of aliphatic hydroxyl groups excluding tert-OH is 1. The number of rotatable bonds is 5. The summed E-state index contributed by atoms with van der Waals surface area (Å²) in [5.41, 5.74) is 8.20. The van der Waals surface area contributed by atoms with E-state index in [9.17, 15) is 13.5 Å². The van der Waals surface area contributed by atoms with Crippen molar-refractivity contribution >= 4 is 33.3 Å². The van der Waals surface area contributed by atoms with E-state index in [-0.39, 0.29) is 35.8 Å². The smallest absolute Gasteiger partial charge is 0.396 e. The lowest BCUT2D eigenvalue weighted by atomic mass is 10.1. The third-order valence-corrected chi connectivity index (χ3v) is 3.72. The number of allylic oxidation sites excluding steroid dienone is 1. The number of nitrogens with one attached hydrogen (secondary N) is 1. The minimum atomic E-state index is -4.71. The fourth-order valence-electron chi connectivity index (χ4n) is 2.43. The van der Waals surface area contributed by atoms with Crippen molar-refractivity contribution < 1.29 is 22.4 Å². The van der Waals surface area contributed by atoms with Crippen molar-refractivity contribution in [2.45, 2.75) is 12.5 Å². The quantitative estimate of drug-likeness (QED) is 0.321. The predicted molar refractivity (Wildman–Crippen MR) is 79.4 cm³/mol. The molecule has 2 heterocycles. The molecule has 11 nitrogen and oxygen atoms in total. The van der Waals surface area contributed by atoms with Gasteiger partial charge in [0.25, 0.3) is 0 Å². The number of nitrogen functional groups attached to an aromatic ring is 1. The minimum absolute atomic E-state index is 0.0474. The van der Waals surface area contributed by atoms with Crippen LogP contribution in [0.5, 0.6) is 0 Å². The number of aromatic nitrogens is 4.